The monoisotopic (exact) mass is 261 g/mol. The second-order valence-corrected chi connectivity index (χ2v) is 6.36. The predicted molar refractivity (Wildman–Crippen MR) is 77.9 cm³/mol. The van der Waals surface area contributed by atoms with Gasteiger partial charge in [0, 0.05) is 11.2 Å². The van der Waals surface area contributed by atoms with E-state index in [0.29, 0.717) is 5.92 Å². The number of fused-ring (bicyclic) bond motifs is 1. The Hall–Kier alpha value is -1.51. The Bertz CT molecular complexity index is 507. The zero-order valence-corrected chi connectivity index (χ0v) is 12.4. The van der Waals surface area contributed by atoms with Gasteiger partial charge in [-0.05, 0) is 57.2 Å². The van der Waals surface area contributed by atoms with Crippen molar-refractivity contribution in [3.63, 3.8) is 0 Å². The van der Waals surface area contributed by atoms with E-state index in [9.17, 15) is 9.90 Å². The third kappa shape index (κ3) is 2.34. The molecular weight excluding hydrogens is 238 g/mol. The number of rotatable bonds is 2. The summed E-state index contributed by atoms with van der Waals surface area (Å²) in [7, 11) is 0. The fourth-order valence-electron chi connectivity index (χ4n) is 3.41. The maximum atomic E-state index is 11.4. The maximum Gasteiger partial charge on any atom is 0.326 e. The van der Waals surface area contributed by atoms with Gasteiger partial charge in [-0.1, -0.05) is 19.1 Å². The minimum atomic E-state index is -0.768. The SMILES string of the molecule is Cc1ccc2c(c1)N([C@@H](C)C(=O)O)C(C)(C)C[C@H]2C. The summed E-state index contributed by atoms with van der Waals surface area (Å²) in [6.45, 7) is 10.3. The first-order valence-electron chi connectivity index (χ1n) is 6.87. The van der Waals surface area contributed by atoms with Gasteiger partial charge >= 0.3 is 5.97 Å². The first kappa shape index (κ1) is 13.9. The van der Waals surface area contributed by atoms with E-state index >= 15 is 0 Å². The molecule has 0 aliphatic carbocycles. The molecule has 0 saturated carbocycles. The van der Waals surface area contributed by atoms with Crippen LogP contribution in [0.5, 0.6) is 0 Å². The lowest BCUT2D eigenvalue weighted by Gasteiger charge is -2.49. The quantitative estimate of drug-likeness (QED) is 0.885. The van der Waals surface area contributed by atoms with Crippen LogP contribution in [-0.4, -0.2) is 22.7 Å². The second kappa shape index (κ2) is 4.55. The molecule has 19 heavy (non-hydrogen) atoms. The molecular formula is C16H23NO2. The predicted octanol–water partition coefficient (Wildman–Crippen LogP) is 3.56. The van der Waals surface area contributed by atoms with Gasteiger partial charge in [-0.3, -0.25) is 0 Å². The summed E-state index contributed by atoms with van der Waals surface area (Å²) in [6, 6.07) is 5.86. The molecule has 0 radical (unpaired) electrons. The Balaban J connectivity index is 2.60. The van der Waals surface area contributed by atoms with E-state index in [2.05, 4.69) is 50.8 Å². The number of anilines is 1. The van der Waals surface area contributed by atoms with Gasteiger partial charge in [-0.2, -0.15) is 0 Å². The van der Waals surface area contributed by atoms with E-state index in [4.69, 9.17) is 0 Å². The van der Waals surface area contributed by atoms with Gasteiger partial charge in [0.05, 0.1) is 0 Å². The zero-order chi connectivity index (χ0) is 14.4. The number of hydrogen-bond donors (Lipinski definition) is 1. The topological polar surface area (TPSA) is 40.5 Å². The fraction of sp³-hybridized carbons (Fsp3) is 0.562. The molecule has 0 aromatic heterocycles. The molecule has 104 valence electrons. The van der Waals surface area contributed by atoms with Crippen molar-refractivity contribution in [2.45, 2.75) is 58.5 Å². The third-order valence-corrected chi connectivity index (χ3v) is 4.18. The average molecular weight is 261 g/mol. The van der Waals surface area contributed by atoms with Gasteiger partial charge in [0.15, 0.2) is 0 Å². The first-order valence-corrected chi connectivity index (χ1v) is 6.87. The van der Waals surface area contributed by atoms with Crippen molar-refractivity contribution in [2.75, 3.05) is 4.90 Å². The molecule has 0 fully saturated rings. The minimum absolute atomic E-state index is 0.141. The highest BCUT2D eigenvalue weighted by molar-refractivity contribution is 5.79. The molecule has 2 atom stereocenters. The summed E-state index contributed by atoms with van der Waals surface area (Å²) in [5.74, 6) is -0.307. The minimum Gasteiger partial charge on any atom is -0.480 e. The number of carbonyl (C=O) groups is 1. The van der Waals surface area contributed by atoms with Gasteiger partial charge in [0.25, 0.3) is 0 Å². The second-order valence-electron chi connectivity index (χ2n) is 6.36. The van der Waals surface area contributed by atoms with Crippen molar-refractivity contribution in [1.29, 1.82) is 0 Å². The van der Waals surface area contributed by atoms with Crippen molar-refractivity contribution in [3.05, 3.63) is 29.3 Å². The lowest BCUT2D eigenvalue weighted by Crippen LogP contribution is -2.55. The number of carboxylic acid groups (broad SMARTS) is 1. The lowest BCUT2D eigenvalue weighted by molar-refractivity contribution is -0.138. The molecule has 1 aromatic rings. The maximum absolute atomic E-state index is 11.4. The number of aryl methyl sites for hydroxylation is 1. The van der Waals surface area contributed by atoms with Crippen LogP contribution in [0.1, 0.15) is 51.2 Å². The highest BCUT2D eigenvalue weighted by Gasteiger charge is 2.40. The van der Waals surface area contributed by atoms with Crippen molar-refractivity contribution in [1.82, 2.24) is 0 Å². The van der Waals surface area contributed by atoms with Crippen molar-refractivity contribution in [3.8, 4) is 0 Å². The molecule has 0 amide bonds. The number of benzene rings is 1. The lowest BCUT2D eigenvalue weighted by atomic mass is 9.79. The highest BCUT2D eigenvalue weighted by Crippen LogP contribution is 2.44. The van der Waals surface area contributed by atoms with Crippen molar-refractivity contribution < 1.29 is 9.90 Å². The van der Waals surface area contributed by atoms with Crippen LogP contribution in [-0.2, 0) is 4.79 Å². The van der Waals surface area contributed by atoms with E-state index in [-0.39, 0.29) is 5.54 Å². The summed E-state index contributed by atoms with van der Waals surface area (Å²) >= 11 is 0. The molecule has 0 spiro atoms. The number of carboxylic acids is 1. The summed E-state index contributed by atoms with van der Waals surface area (Å²) < 4.78 is 0. The summed E-state index contributed by atoms with van der Waals surface area (Å²) in [5, 5.41) is 9.39. The van der Waals surface area contributed by atoms with Crippen LogP contribution in [0.2, 0.25) is 0 Å². The van der Waals surface area contributed by atoms with E-state index in [1.807, 2.05) is 0 Å². The molecule has 0 saturated heterocycles. The van der Waals surface area contributed by atoms with Crippen LogP contribution >= 0.6 is 0 Å². The fourth-order valence-corrected chi connectivity index (χ4v) is 3.41. The molecule has 0 unspecified atom stereocenters. The smallest absolute Gasteiger partial charge is 0.326 e. The van der Waals surface area contributed by atoms with Crippen LogP contribution in [0.25, 0.3) is 0 Å². The van der Waals surface area contributed by atoms with Crippen LogP contribution in [0.4, 0.5) is 5.69 Å². The van der Waals surface area contributed by atoms with E-state index in [1.165, 1.54) is 11.1 Å². The van der Waals surface area contributed by atoms with Crippen molar-refractivity contribution in [2.24, 2.45) is 0 Å². The van der Waals surface area contributed by atoms with Gasteiger partial charge < -0.3 is 10.0 Å². The van der Waals surface area contributed by atoms with Gasteiger partial charge in [0.1, 0.15) is 6.04 Å². The summed E-state index contributed by atoms with van der Waals surface area (Å²) in [6.07, 6.45) is 0.973. The summed E-state index contributed by atoms with van der Waals surface area (Å²) in [4.78, 5) is 13.5. The van der Waals surface area contributed by atoms with Gasteiger partial charge in [0.2, 0.25) is 0 Å². The zero-order valence-electron chi connectivity index (χ0n) is 12.4. The third-order valence-electron chi connectivity index (χ3n) is 4.18. The molecule has 1 aromatic carbocycles. The largest absolute Gasteiger partial charge is 0.480 e. The van der Waals surface area contributed by atoms with E-state index in [0.717, 1.165) is 12.1 Å². The normalized spacial score (nSPS) is 22.8. The standard InChI is InChI=1S/C16H23NO2/c1-10-6-7-13-11(2)9-16(4,5)17(14(13)8-10)12(3)15(18)19/h6-8,11-12H,9H2,1-5H3,(H,18,19)/t11-,12+/m1/s1. The Morgan fingerprint density at radius 3 is 2.68 bits per heavy atom. The molecule has 1 heterocycles. The van der Waals surface area contributed by atoms with Crippen LogP contribution < -0.4 is 4.90 Å². The number of aliphatic carboxylic acids is 1. The molecule has 3 heteroatoms. The Morgan fingerprint density at radius 2 is 2.11 bits per heavy atom. The van der Waals surface area contributed by atoms with E-state index < -0.39 is 12.0 Å². The van der Waals surface area contributed by atoms with Crippen LogP contribution in [0.15, 0.2) is 18.2 Å². The number of nitrogens with zero attached hydrogens (tertiary/aromatic N) is 1. The Kier molecular flexibility index (Phi) is 3.33. The molecule has 0 bridgehead atoms. The van der Waals surface area contributed by atoms with Crippen LogP contribution in [0.3, 0.4) is 0 Å². The molecule has 1 aliphatic heterocycles. The molecule has 1 aliphatic rings. The number of hydrogen-bond acceptors (Lipinski definition) is 2. The molecule has 2 rings (SSSR count). The van der Waals surface area contributed by atoms with Crippen molar-refractivity contribution >= 4 is 11.7 Å². The molecule has 1 N–H and O–H groups in total. The Morgan fingerprint density at radius 1 is 1.47 bits per heavy atom. The summed E-state index contributed by atoms with van der Waals surface area (Å²) in [5.41, 5.74) is 3.38. The van der Waals surface area contributed by atoms with Crippen LogP contribution in [0, 0.1) is 6.92 Å². The Labute approximate surface area is 115 Å². The average Bonchev–Trinajstić information content (AvgIpc) is 2.26. The van der Waals surface area contributed by atoms with E-state index in [1.54, 1.807) is 6.92 Å². The molecule has 3 nitrogen and oxygen atoms in total. The van der Waals surface area contributed by atoms with Gasteiger partial charge in [-0.15, -0.1) is 0 Å². The first-order chi connectivity index (χ1) is 8.74. The van der Waals surface area contributed by atoms with Gasteiger partial charge in [-0.25, -0.2) is 4.79 Å². The highest BCUT2D eigenvalue weighted by atomic mass is 16.4.